The standard InChI is InChI=1S/C16H20N4O4/c1-2-24-16(23)12-5-8-18(9-6-12)14(21)10-20-15(22)13-4-3-7-19(13)11-17-20/h3-4,7,11-12H,2,5-6,8-10H2,1H3. The number of aromatic nitrogens is 3. The highest BCUT2D eigenvalue weighted by molar-refractivity contribution is 5.77. The van der Waals surface area contributed by atoms with Crippen LogP contribution in [0, 0.1) is 5.92 Å². The quantitative estimate of drug-likeness (QED) is 0.752. The highest BCUT2D eigenvalue weighted by Gasteiger charge is 2.28. The summed E-state index contributed by atoms with van der Waals surface area (Å²) in [7, 11) is 0. The van der Waals surface area contributed by atoms with Crippen molar-refractivity contribution in [3.63, 3.8) is 0 Å². The van der Waals surface area contributed by atoms with Gasteiger partial charge in [-0.3, -0.25) is 14.4 Å². The molecule has 3 heterocycles. The summed E-state index contributed by atoms with van der Waals surface area (Å²) < 4.78 is 7.82. The number of carbonyl (C=O) groups is 2. The molecule has 8 nitrogen and oxygen atoms in total. The number of nitrogens with zero attached hydrogens (tertiary/aromatic N) is 4. The van der Waals surface area contributed by atoms with Crippen molar-refractivity contribution in [1.82, 2.24) is 19.1 Å². The lowest BCUT2D eigenvalue weighted by Crippen LogP contribution is -2.43. The van der Waals surface area contributed by atoms with Crippen LogP contribution in [0.3, 0.4) is 0 Å². The van der Waals surface area contributed by atoms with Crippen LogP contribution < -0.4 is 5.56 Å². The van der Waals surface area contributed by atoms with Gasteiger partial charge in [-0.1, -0.05) is 0 Å². The number of hydrogen-bond donors (Lipinski definition) is 0. The van der Waals surface area contributed by atoms with Gasteiger partial charge in [0.1, 0.15) is 18.4 Å². The minimum absolute atomic E-state index is 0.0927. The summed E-state index contributed by atoms with van der Waals surface area (Å²) in [5.74, 6) is -0.504. The first-order chi connectivity index (χ1) is 11.6. The zero-order chi connectivity index (χ0) is 17.1. The van der Waals surface area contributed by atoms with Gasteiger partial charge in [-0.25, -0.2) is 4.68 Å². The number of piperidine rings is 1. The van der Waals surface area contributed by atoms with Crippen molar-refractivity contribution in [2.75, 3.05) is 19.7 Å². The molecule has 24 heavy (non-hydrogen) atoms. The fourth-order valence-electron chi connectivity index (χ4n) is 2.94. The molecule has 2 aromatic rings. The minimum atomic E-state index is -0.294. The van der Waals surface area contributed by atoms with Crippen LogP contribution in [0.4, 0.5) is 0 Å². The zero-order valence-electron chi connectivity index (χ0n) is 13.6. The first kappa shape index (κ1) is 16.2. The van der Waals surface area contributed by atoms with Crippen molar-refractivity contribution < 1.29 is 14.3 Å². The molecule has 1 fully saturated rings. The molecular formula is C16H20N4O4. The Morgan fingerprint density at radius 3 is 2.79 bits per heavy atom. The number of amides is 1. The Morgan fingerprint density at radius 2 is 2.08 bits per heavy atom. The molecule has 1 aliphatic rings. The van der Waals surface area contributed by atoms with Gasteiger partial charge >= 0.3 is 5.97 Å². The number of esters is 1. The Bertz CT molecular complexity index is 802. The number of carbonyl (C=O) groups excluding carboxylic acids is 2. The largest absolute Gasteiger partial charge is 0.466 e. The highest BCUT2D eigenvalue weighted by atomic mass is 16.5. The van der Waals surface area contributed by atoms with E-state index in [1.54, 1.807) is 34.6 Å². The van der Waals surface area contributed by atoms with Gasteiger partial charge < -0.3 is 14.0 Å². The van der Waals surface area contributed by atoms with Crippen LogP contribution in [0.2, 0.25) is 0 Å². The first-order valence-corrected chi connectivity index (χ1v) is 8.07. The van der Waals surface area contributed by atoms with Crippen molar-refractivity contribution in [3.05, 3.63) is 35.0 Å². The van der Waals surface area contributed by atoms with E-state index in [0.717, 1.165) is 0 Å². The van der Waals surface area contributed by atoms with Crippen LogP contribution in [-0.2, 0) is 20.9 Å². The Hall–Kier alpha value is -2.64. The van der Waals surface area contributed by atoms with E-state index < -0.39 is 0 Å². The lowest BCUT2D eigenvalue weighted by atomic mass is 9.97. The summed E-state index contributed by atoms with van der Waals surface area (Å²) in [4.78, 5) is 38.1. The SMILES string of the molecule is CCOC(=O)C1CCN(C(=O)Cn2ncn3cccc3c2=O)CC1. The average Bonchev–Trinajstić information content (AvgIpc) is 3.07. The van der Waals surface area contributed by atoms with Crippen LogP contribution in [-0.4, -0.2) is 50.7 Å². The summed E-state index contributed by atoms with van der Waals surface area (Å²) in [6.07, 6.45) is 4.42. The van der Waals surface area contributed by atoms with Crippen molar-refractivity contribution in [2.45, 2.75) is 26.3 Å². The fraction of sp³-hybridized carbons (Fsp3) is 0.500. The van der Waals surface area contributed by atoms with E-state index in [-0.39, 0.29) is 29.9 Å². The molecule has 8 heteroatoms. The molecule has 0 unspecified atom stereocenters. The maximum Gasteiger partial charge on any atom is 0.309 e. The normalized spacial score (nSPS) is 15.6. The van der Waals surface area contributed by atoms with Gasteiger partial charge in [0.15, 0.2) is 0 Å². The number of hydrogen-bond acceptors (Lipinski definition) is 5. The molecule has 0 spiro atoms. The Morgan fingerprint density at radius 1 is 1.33 bits per heavy atom. The summed E-state index contributed by atoms with van der Waals surface area (Å²) in [5.41, 5.74) is 0.191. The molecule has 0 aromatic carbocycles. The molecule has 0 saturated carbocycles. The van der Waals surface area contributed by atoms with E-state index in [1.807, 2.05) is 0 Å². The summed E-state index contributed by atoms with van der Waals surface area (Å²) in [5, 5.41) is 4.03. The molecule has 1 amide bonds. The van der Waals surface area contributed by atoms with E-state index in [1.165, 1.54) is 11.0 Å². The average molecular weight is 332 g/mol. The molecule has 0 atom stereocenters. The van der Waals surface area contributed by atoms with Crippen LogP contribution in [0.1, 0.15) is 19.8 Å². The van der Waals surface area contributed by atoms with Crippen molar-refractivity contribution in [3.8, 4) is 0 Å². The van der Waals surface area contributed by atoms with Crippen LogP contribution in [0.25, 0.3) is 5.52 Å². The second-order valence-electron chi connectivity index (χ2n) is 5.80. The molecule has 0 bridgehead atoms. The van der Waals surface area contributed by atoms with Gasteiger partial charge in [0.2, 0.25) is 5.91 Å². The lowest BCUT2D eigenvalue weighted by Gasteiger charge is -2.30. The van der Waals surface area contributed by atoms with Gasteiger partial charge in [0.25, 0.3) is 5.56 Å². The van der Waals surface area contributed by atoms with Gasteiger partial charge in [-0.05, 0) is 31.9 Å². The van der Waals surface area contributed by atoms with E-state index in [4.69, 9.17) is 4.74 Å². The third kappa shape index (κ3) is 3.17. The van der Waals surface area contributed by atoms with Gasteiger partial charge in [0, 0.05) is 19.3 Å². The molecule has 128 valence electrons. The van der Waals surface area contributed by atoms with Gasteiger partial charge in [-0.2, -0.15) is 5.10 Å². The maximum atomic E-state index is 12.4. The van der Waals surface area contributed by atoms with Crippen LogP contribution in [0.5, 0.6) is 0 Å². The van der Waals surface area contributed by atoms with E-state index in [0.29, 0.717) is 38.1 Å². The first-order valence-electron chi connectivity index (χ1n) is 8.07. The number of rotatable bonds is 4. The molecule has 1 aliphatic heterocycles. The van der Waals surface area contributed by atoms with E-state index >= 15 is 0 Å². The predicted molar refractivity (Wildman–Crippen MR) is 85.4 cm³/mol. The number of likely N-dealkylation sites (tertiary alicyclic amines) is 1. The van der Waals surface area contributed by atoms with Crippen molar-refractivity contribution in [2.24, 2.45) is 5.92 Å². The molecular weight excluding hydrogens is 312 g/mol. The van der Waals surface area contributed by atoms with Crippen molar-refractivity contribution >= 4 is 17.4 Å². The second-order valence-corrected chi connectivity index (χ2v) is 5.80. The Balaban J connectivity index is 1.62. The Kier molecular flexibility index (Phi) is 4.64. The minimum Gasteiger partial charge on any atom is -0.466 e. The molecule has 0 N–H and O–H groups in total. The van der Waals surface area contributed by atoms with Crippen LogP contribution >= 0.6 is 0 Å². The second kappa shape index (κ2) is 6.86. The van der Waals surface area contributed by atoms with E-state index in [9.17, 15) is 14.4 Å². The molecule has 0 aliphatic carbocycles. The summed E-state index contributed by atoms with van der Waals surface area (Å²) in [6, 6.07) is 3.44. The molecule has 0 radical (unpaired) electrons. The highest BCUT2D eigenvalue weighted by Crippen LogP contribution is 2.18. The molecule has 3 rings (SSSR count). The zero-order valence-corrected chi connectivity index (χ0v) is 13.6. The molecule has 2 aromatic heterocycles. The predicted octanol–water partition coefficient (Wildman–Crippen LogP) is 0.298. The maximum absolute atomic E-state index is 12.4. The summed E-state index contributed by atoms with van der Waals surface area (Å²) >= 11 is 0. The topological polar surface area (TPSA) is 85.9 Å². The monoisotopic (exact) mass is 332 g/mol. The van der Waals surface area contributed by atoms with Crippen LogP contribution in [0.15, 0.2) is 29.5 Å². The van der Waals surface area contributed by atoms with E-state index in [2.05, 4.69) is 5.10 Å². The fourth-order valence-corrected chi connectivity index (χ4v) is 2.94. The van der Waals surface area contributed by atoms with Gasteiger partial charge in [-0.15, -0.1) is 0 Å². The smallest absolute Gasteiger partial charge is 0.309 e. The third-order valence-corrected chi connectivity index (χ3v) is 4.30. The lowest BCUT2D eigenvalue weighted by molar-refractivity contribution is -0.151. The number of ether oxygens (including phenoxy) is 1. The Labute approximate surface area is 138 Å². The van der Waals surface area contributed by atoms with Gasteiger partial charge in [0.05, 0.1) is 12.5 Å². The summed E-state index contributed by atoms with van der Waals surface area (Å²) in [6.45, 7) is 3.04. The third-order valence-electron chi connectivity index (χ3n) is 4.30. The molecule has 1 saturated heterocycles. The van der Waals surface area contributed by atoms with Crippen molar-refractivity contribution in [1.29, 1.82) is 0 Å². The number of fused-ring (bicyclic) bond motifs is 1.